The minimum atomic E-state index is 1.14. The van der Waals surface area contributed by atoms with E-state index in [1.54, 1.807) is 0 Å². The first kappa shape index (κ1) is 11.9. The second-order valence-corrected chi connectivity index (χ2v) is 3.09. The number of hydrogen-bond acceptors (Lipinski definition) is 2. The zero-order valence-corrected chi connectivity index (χ0v) is 9.14. The van der Waals surface area contributed by atoms with E-state index in [1.165, 1.54) is 25.9 Å². The Labute approximate surface area is 77.5 Å². The summed E-state index contributed by atoms with van der Waals surface area (Å²) in [5, 5.41) is 4.90. The molecule has 0 aliphatic rings. The molecule has 0 atom stereocenters. The molecular formula is C10H24N2+. The maximum Gasteiger partial charge on any atom is 0.142 e. The molecule has 0 aromatic carbocycles. The summed E-state index contributed by atoms with van der Waals surface area (Å²) in [5.41, 5.74) is 0. The summed E-state index contributed by atoms with van der Waals surface area (Å²) in [5.74, 6) is 0. The normalized spacial score (nSPS) is 11.5. The lowest BCUT2D eigenvalue weighted by atomic mass is 10.4. The van der Waals surface area contributed by atoms with Gasteiger partial charge in [-0.3, -0.25) is 0 Å². The fourth-order valence-corrected chi connectivity index (χ4v) is 1.53. The van der Waals surface area contributed by atoms with Crippen molar-refractivity contribution in [1.29, 1.82) is 0 Å². The quantitative estimate of drug-likeness (QED) is 0.422. The van der Waals surface area contributed by atoms with Gasteiger partial charge in [-0.1, -0.05) is 18.9 Å². The Balaban J connectivity index is 3.86. The van der Waals surface area contributed by atoms with Crippen LogP contribution in [0.5, 0.6) is 0 Å². The smallest absolute Gasteiger partial charge is 0.106 e. The van der Waals surface area contributed by atoms with Crippen molar-refractivity contribution in [2.24, 2.45) is 0 Å². The van der Waals surface area contributed by atoms with Crippen molar-refractivity contribution in [2.75, 3.05) is 26.2 Å². The van der Waals surface area contributed by atoms with Crippen molar-refractivity contribution >= 4 is 0 Å². The SMILES string of the molecule is CCCN(CCC)[N+](CC)CC. The van der Waals surface area contributed by atoms with E-state index >= 15 is 0 Å². The lowest BCUT2D eigenvalue weighted by Gasteiger charge is -2.21. The largest absolute Gasteiger partial charge is 0.142 e. The van der Waals surface area contributed by atoms with Crippen LogP contribution >= 0.6 is 0 Å². The first-order valence-electron chi connectivity index (χ1n) is 5.29. The van der Waals surface area contributed by atoms with Gasteiger partial charge in [0.2, 0.25) is 0 Å². The average molecular weight is 172 g/mol. The van der Waals surface area contributed by atoms with Crippen molar-refractivity contribution < 1.29 is 0 Å². The Morgan fingerprint density at radius 2 is 1.25 bits per heavy atom. The molecule has 2 heteroatoms. The first-order chi connectivity index (χ1) is 5.79. The van der Waals surface area contributed by atoms with Crippen LogP contribution in [-0.2, 0) is 0 Å². The van der Waals surface area contributed by atoms with Gasteiger partial charge in [0.05, 0.1) is 13.1 Å². The lowest BCUT2D eigenvalue weighted by molar-refractivity contribution is 0.0751. The van der Waals surface area contributed by atoms with Gasteiger partial charge in [0.25, 0.3) is 0 Å². The van der Waals surface area contributed by atoms with Gasteiger partial charge in [0.15, 0.2) is 0 Å². The first-order valence-corrected chi connectivity index (χ1v) is 5.29. The topological polar surface area (TPSA) is 9.14 Å². The summed E-state index contributed by atoms with van der Waals surface area (Å²) in [4.78, 5) is 0. The van der Waals surface area contributed by atoms with Crippen LogP contribution in [0.25, 0.3) is 0 Å². The predicted octanol–water partition coefficient (Wildman–Crippen LogP) is 2.20. The molecule has 0 N–H and O–H groups in total. The van der Waals surface area contributed by atoms with Gasteiger partial charge >= 0.3 is 0 Å². The highest BCUT2D eigenvalue weighted by atomic mass is 15.6. The minimum Gasteiger partial charge on any atom is -0.106 e. The summed E-state index contributed by atoms with van der Waals surface area (Å²) in [6.07, 6.45) is 2.49. The highest BCUT2D eigenvalue weighted by Crippen LogP contribution is 1.97. The molecule has 0 aliphatic carbocycles. The standard InChI is InChI=1S/C10H24N2/c1-5-9-12(10-6-2)11(7-3)8-4/h5-10H2,1-4H3/q+1. The van der Waals surface area contributed by atoms with Crippen LogP contribution in [0.2, 0.25) is 0 Å². The van der Waals surface area contributed by atoms with Gasteiger partial charge in [-0.2, -0.15) is 0 Å². The second kappa shape index (κ2) is 7.56. The minimum absolute atomic E-state index is 1.14. The number of hydrogen-bond donors (Lipinski definition) is 0. The van der Waals surface area contributed by atoms with Crippen molar-refractivity contribution in [3.05, 3.63) is 0 Å². The Bertz CT molecular complexity index is 83.8. The molecule has 0 saturated heterocycles. The molecule has 0 rings (SSSR count). The van der Waals surface area contributed by atoms with Crippen LogP contribution < -0.4 is 5.01 Å². The molecule has 73 valence electrons. The third-order valence-corrected chi connectivity index (χ3v) is 2.09. The van der Waals surface area contributed by atoms with Gasteiger partial charge in [-0.25, -0.2) is 0 Å². The molecule has 0 unspecified atom stereocenters. The third kappa shape index (κ3) is 4.07. The molecule has 0 aromatic rings. The number of nitrogens with zero attached hydrogens (tertiary/aromatic N) is 2. The molecule has 0 aromatic heterocycles. The molecule has 0 fully saturated rings. The van der Waals surface area contributed by atoms with Gasteiger partial charge in [0, 0.05) is 0 Å². The van der Waals surface area contributed by atoms with Gasteiger partial charge in [-0.15, -0.1) is 5.01 Å². The van der Waals surface area contributed by atoms with Crippen LogP contribution in [0.4, 0.5) is 0 Å². The predicted molar refractivity (Wildman–Crippen MR) is 55.4 cm³/mol. The second-order valence-electron chi connectivity index (χ2n) is 3.09. The Morgan fingerprint density at radius 1 is 0.833 bits per heavy atom. The molecule has 2 nitrogen and oxygen atoms in total. The Morgan fingerprint density at radius 3 is 1.50 bits per heavy atom. The maximum absolute atomic E-state index is 2.47. The highest BCUT2D eigenvalue weighted by Gasteiger charge is 2.19. The van der Waals surface area contributed by atoms with E-state index in [0.29, 0.717) is 0 Å². The molecule has 1 radical (unpaired) electrons. The van der Waals surface area contributed by atoms with E-state index < -0.39 is 0 Å². The molecule has 12 heavy (non-hydrogen) atoms. The van der Waals surface area contributed by atoms with Gasteiger partial charge in [0.1, 0.15) is 13.1 Å². The highest BCUT2D eigenvalue weighted by molar-refractivity contribution is 4.58. The fraction of sp³-hybridized carbons (Fsp3) is 1.00. The van der Waals surface area contributed by atoms with E-state index in [9.17, 15) is 0 Å². The molecule has 0 spiro atoms. The Kier molecular flexibility index (Phi) is 7.51. The van der Waals surface area contributed by atoms with E-state index in [4.69, 9.17) is 0 Å². The molecule has 0 heterocycles. The van der Waals surface area contributed by atoms with Crippen LogP contribution in [0.15, 0.2) is 0 Å². The van der Waals surface area contributed by atoms with Crippen molar-refractivity contribution in [3.63, 3.8) is 0 Å². The van der Waals surface area contributed by atoms with Gasteiger partial charge < -0.3 is 0 Å². The summed E-state index contributed by atoms with van der Waals surface area (Å²) >= 11 is 0. The average Bonchev–Trinajstić information content (AvgIpc) is 2.07. The van der Waals surface area contributed by atoms with Crippen LogP contribution in [0, 0.1) is 0 Å². The fourth-order valence-electron chi connectivity index (χ4n) is 1.53. The molecule has 0 amide bonds. The summed E-state index contributed by atoms with van der Waals surface area (Å²) in [6.45, 7) is 13.6. The maximum atomic E-state index is 2.47. The summed E-state index contributed by atoms with van der Waals surface area (Å²) in [7, 11) is 0. The zero-order valence-electron chi connectivity index (χ0n) is 9.14. The van der Waals surface area contributed by atoms with Crippen LogP contribution in [0.1, 0.15) is 40.5 Å². The van der Waals surface area contributed by atoms with Gasteiger partial charge in [-0.05, 0) is 26.7 Å². The van der Waals surface area contributed by atoms with E-state index in [1.807, 2.05) is 0 Å². The van der Waals surface area contributed by atoms with Crippen LogP contribution in [-0.4, -0.2) is 31.2 Å². The number of rotatable bonds is 7. The van der Waals surface area contributed by atoms with Crippen LogP contribution in [0.3, 0.4) is 0 Å². The number of hydrazine groups is 1. The van der Waals surface area contributed by atoms with Crippen molar-refractivity contribution in [1.82, 2.24) is 10.0 Å². The molecule has 0 bridgehead atoms. The lowest BCUT2D eigenvalue weighted by Crippen LogP contribution is -2.48. The molecule has 0 aliphatic heterocycles. The monoisotopic (exact) mass is 172 g/mol. The molecule has 0 saturated carbocycles. The molecular weight excluding hydrogens is 148 g/mol. The Hall–Kier alpha value is -0.0800. The summed E-state index contributed by atoms with van der Waals surface area (Å²) in [6, 6.07) is 0. The zero-order chi connectivity index (χ0) is 9.40. The van der Waals surface area contributed by atoms with E-state index in [0.717, 1.165) is 13.1 Å². The van der Waals surface area contributed by atoms with Crippen molar-refractivity contribution in [2.45, 2.75) is 40.5 Å². The van der Waals surface area contributed by atoms with E-state index in [-0.39, 0.29) is 0 Å². The summed E-state index contributed by atoms with van der Waals surface area (Å²) < 4.78 is 0. The van der Waals surface area contributed by atoms with Crippen molar-refractivity contribution in [3.8, 4) is 0 Å². The van der Waals surface area contributed by atoms with E-state index in [2.05, 4.69) is 37.7 Å². The third-order valence-electron chi connectivity index (χ3n) is 2.09.